The number of carboxylic acids is 1. The molecule has 0 saturated heterocycles. The molecule has 0 fully saturated rings. The first-order chi connectivity index (χ1) is 8.39. The van der Waals surface area contributed by atoms with Crippen molar-refractivity contribution >= 4 is 11.7 Å². The third-order valence-corrected chi connectivity index (χ3v) is 4.19. The minimum Gasteiger partial charge on any atom is -0.481 e. The molecule has 0 radical (unpaired) electrons. The highest BCUT2D eigenvalue weighted by Gasteiger charge is 2.44. The number of nitrogens with zero attached hydrogens (tertiary/aromatic N) is 1. The highest BCUT2D eigenvalue weighted by molar-refractivity contribution is 5.77. The van der Waals surface area contributed by atoms with Crippen LogP contribution in [0.15, 0.2) is 18.2 Å². The van der Waals surface area contributed by atoms with Gasteiger partial charge in [0.25, 0.3) is 0 Å². The maximum absolute atomic E-state index is 11.5. The summed E-state index contributed by atoms with van der Waals surface area (Å²) in [5.41, 5.74) is 3.03. The summed E-state index contributed by atoms with van der Waals surface area (Å²) in [7, 11) is 0. The smallest absolute Gasteiger partial charge is 0.311 e. The van der Waals surface area contributed by atoms with E-state index in [9.17, 15) is 9.90 Å². The molecular weight excluding hydrogens is 226 g/mol. The molecule has 0 aromatic heterocycles. The van der Waals surface area contributed by atoms with Gasteiger partial charge in [-0.3, -0.25) is 4.79 Å². The van der Waals surface area contributed by atoms with Gasteiger partial charge in [0.05, 0.1) is 5.41 Å². The van der Waals surface area contributed by atoms with Crippen LogP contribution in [0.25, 0.3) is 0 Å². The van der Waals surface area contributed by atoms with E-state index in [2.05, 4.69) is 30.9 Å². The Morgan fingerprint density at radius 3 is 2.72 bits per heavy atom. The lowest BCUT2D eigenvalue weighted by Crippen LogP contribution is -2.47. The molecule has 3 nitrogen and oxygen atoms in total. The van der Waals surface area contributed by atoms with Crippen LogP contribution in [0.2, 0.25) is 0 Å². The van der Waals surface area contributed by atoms with Crippen LogP contribution >= 0.6 is 0 Å². The average Bonchev–Trinajstić information content (AvgIpc) is 2.69. The number of carbonyl (C=O) groups is 1. The molecule has 1 aromatic rings. The van der Waals surface area contributed by atoms with Crippen LogP contribution in [0.5, 0.6) is 0 Å². The maximum atomic E-state index is 11.5. The van der Waals surface area contributed by atoms with E-state index < -0.39 is 11.4 Å². The molecule has 98 valence electrons. The molecule has 1 heterocycles. The van der Waals surface area contributed by atoms with Gasteiger partial charge in [-0.2, -0.15) is 0 Å². The molecule has 1 aliphatic heterocycles. The molecule has 2 rings (SSSR count). The second kappa shape index (κ2) is 4.30. The zero-order chi connectivity index (χ0) is 13.5. The van der Waals surface area contributed by atoms with E-state index in [0.29, 0.717) is 0 Å². The van der Waals surface area contributed by atoms with Crippen LogP contribution in [0.3, 0.4) is 0 Å². The lowest BCUT2D eigenvalue weighted by atomic mass is 9.82. The molecular formula is C15H21NO2. The lowest BCUT2D eigenvalue weighted by Gasteiger charge is -2.35. The molecule has 0 amide bonds. The summed E-state index contributed by atoms with van der Waals surface area (Å²) in [6, 6.07) is 6.29. The summed E-state index contributed by atoms with van der Waals surface area (Å²) in [6.07, 6.45) is 0.829. The summed E-state index contributed by atoms with van der Waals surface area (Å²) in [6.45, 7) is 8.68. The van der Waals surface area contributed by atoms with Crippen molar-refractivity contribution in [2.75, 3.05) is 11.4 Å². The average molecular weight is 247 g/mol. The van der Waals surface area contributed by atoms with E-state index in [1.54, 1.807) is 0 Å². The van der Waals surface area contributed by atoms with Gasteiger partial charge < -0.3 is 10.0 Å². The van der Waals surface area contributed by atoms with Crippen molar-refractivity contribution in [2.24, 2.45) is 5.41 Å². The zero-order valence-electron chi connectivity index (χ0n) is 11.5. The predicted molar refractivity (Wildman–Crippen MR) is 73.1 cm³/mol. The Hall–Kier alpha value is -1.51. The van der Waals surface area contributed by atoms with Gasteiger partial charge in [0.2, 0.25) is 0 Å². The van der Waals surface area contributed by atoms with Crippen LogP contribution in [-0.4, -0.2) is 23.7 Å². The number of rotatable bonds is 3. The van der Waals surface area contributed by atoms with Crippen molar-refractivity contribution in [1.82, 2.24) is 0 Å². The van der Waals surface area contributed by atoms with Gasteiger partial charge in [0.1, 0.15) is 0 Å². The quantitative estimate of drug-likeness (QED) is 0.893. The first kappa shape index (κ1) is 12.9. The van der Waals surface area contributed by atoms with Gasteiger partial charge in [-0.25, -0.2) is 0 Å². The molecule has 18 heavy (non-hydrogen) atoms. The van der Waals surface area contributed by atoms with Crippen molar-refractivity contribution in [2.45, 2.75) is 40.2 Å². The predicted octanol–water partition coefficient (Wildman–Crippen LogP) is 2.86. The third-order valence-electron chi connectivity index (χ3n) is 4.19. The van der Waals surface area contributed by atoms with Crippen molar-refractivity contribution < 1.29 is 9.90 Å². The first-order valence-electron chi connectivity index (χ1n) is 6.48. The van der Waals surface area contributed by atoms with Gasteiger partial charge in [-0.1, -0.05) is 12.1 Å². The molecule has 0 spiro atoms. The number of benzene rings is 1. The molecule has 1 N–H and O–H groups in total. The van der Waals surface area contributed by atoms with Crippen LogP contribution in [0.4, 0.5) is 5.69 Å². The summed E-state index contributed by atoms with van der Waals surface area (Å²) < 4.78 is 0. The molecule has 1 aromatic carbocycles. The largest absolute Gasteiger partial charge is 0.481 e. The third kappa shape index (κ3) is 1.78. The summed E-state index contributed by atoms with van der Waals surface area (Å²) in [5.74, 6) is -0.726. The van der Waals surface area contributed by atoms with E-state index in [1.807, 2.05) is 19.9 Å². The number of carboxylic acid groups (broad SMARTS) is 1. The fourth-order valence-corrected chi connectivity index (χ4v) is 2.87. The molecule has 1 aliphatic rings. The Kier molecular flexibility index (Phi) is 3.09. The van der Waals surface area contributed by atoms with Crippen molar-refractivity contribution in [3.8, 4) is 0 Å². The monoisotopic (exact) mass is 247 g/mol. The molecule has 0 saturated carbocycles. The van der Waals surface area contributed by atoms with E-state index in [1.165, 1.54) is 16.8 Å². The molecule has 0 aliphatic carbocycles. The highest BCUT2D eigenvalue weighted by Crippen LogP contribution is 2.41. The first-order valence-corrected chi connectivity index (χ1v) is 6.48. The van der Waals surface area contributed by atoms with Crippen molar-refractivity contribution in [1.29, 1.82) is 0 Å². The number of hydrogen-bond donors (Lipinski definition) is 1. The van der Waals surface area contributed by atoms with Crippen LogP contribution in [-0.2, 0) is 11.2 Å². The fraction of sp³-hybridized carbons (Fsp3) is 0.533. The Morgan fingerprint density at radius 1 is 1.50 bits per heavy atom. The second-order valence-corrected chi connectivity index (χ2v) is 5.61. The van der Waals surface area contributed by atoms with Crippen LogP contribution in [0, 0.1) is 12.3 Å². The topological polar surface area (TPSA) is 40.5 Å². The number of fused-ring (bicyclic) bond motifs is 1. The lowest BCUT2D eigenvalue weighted by molar-refractivity contribution is -0.148. The molecule has 1 atom stereocenters. The normalized spacial score (nSPS) is 18.9. The zero-order valence-corrected chi connectivity index (χ0v) is 11.5. The molecule has 0 bridgehead atoms. The van der Waals surface area contributed by atoms with Gasteiger partial charge in [-0.05, 0) is 51.3 Å². The van der Waals surface area contributed by atoms with Gasteiger partial charge in [0, 0.05) is 18.3 Å². The standard InChI is InChI=1S/C15H21NO2/c1-5-16-12-8-6-7-10(2)11(12)9-13(16)15(3,4)14(17)18/h6-8,13H,5,9H2,1-4H3,(H,17,18). The van der Waals surface area contributed by atoms with Crippen molar-refractivity contribution in [3.63, 3.8) is 0 Å². The van der Waals surface area contributed by atoms with Gasteiger partial charge in [0.15, 0.2) is 0 Å². The highest BCUT2D eigenvalue weighted by atomic mass is 16.4. The second-order valence-electron chi connectivity index (χ2n) is 5.61. The van der Waals surface area contributed by atoms with Crippen LogP contribution in [0.1, 0.15) is 31.9 Å². The number of likely N-dealkylation sites (N-methyl/N-ethyl adjacent to an activating group) is 1. The van der Waals surface area contributed by atoms with Gasteiger partial charge >= 0.3 is 5.97 Å². The Balaban J connectivity index is 2.45. The minimum atomic E-state index is -0.735. The Bertz CT molecular complexity index is 479. The number of aliphatic carboxylic acids is 1. The van der Waals surface area contributed by atoms with Gasteiger partial charge in [-0.15, -0.1) is 0 Å². The molecule has 1 unspecified atom stereocenters. The Morgan fingerprint density at radius 2 is 2.17 bits per heavy atom. The minimum absolute atomic E-state index is 0.0381. The SMILES string of the molecule is CCN1c2cccc(C)c2CC1C(C)(C)C(=O)O. The van der Waals surface area contributed by atoms with Crippen molar-refractivity contribution in [3.05, 3.63) is 29.3 Å². The summed E-state index contributed by atoms with van der Waals surface area (Å²) >= 11 is 0. The van der Waals surface area contributed by atoms with E-state index >= 15 is 0 Å². The maximum Gasteiger partial charge on any atom is 0.311 e. The molecule has 3 heteroatoms. The number of hydrogen-bond acceptors (Lipinski definition) is 2. The summed E-state index contributed by atoms with van der Waals surface area (Å²) in [5, 5.41) is 9.44. The van der Waals surface area contributed by atoms with E-state index in [4.69, 9.17) is 0 Å². The fourth-order valence-electron chi connectivity index (χ4n) is 2.87. The number of anilines is 1. The number of aryl methyl sites for hydroxylation is 1. The van der Waals surface area contributed by atoms with E-state index in [0.717, 1.165) is 13.0 Å². The summed E-state index contributed by atoms with van der Waals surface area (Å²) in [4.78, 5) is 13.7. The van der Waals surface area contributed by atoms with E-state index in [-0.39, 0.29) is 6.04 Å². The Labute approximate surface area is 108 Å². The van der Waals surface area contributed by atoms with Crippen LogP contribution < -0.4 is 4.90 Å².